The Labute approximate surface area is 167 Å². The fraction of sp³-hybridized carbons (Fsp3) is 0.318. The minimum absolute atomic E-state index is 0.0473. The second kappa shape index (κ2) is 8.24. The van der Waals surface area contributed by atoms with Crippen molar-refractivity contribution >= 4 is 16.7 Å². The molecule has 1 aromatic heterocycles. The molecule has 7 nitrogen and oxygen atoms in total. The monoisotopic (exact) mass is 397 g/mol. The van der Waals surface area contributed by atoms with Crippen LogP contribution in [0.3, 0.4) is 0 Å². The van der Waals surface area contributed by atoms with Gasteiger partial charge in [-0.2, -0.15) is 0 Å². The lowest BCUT2D eigenvalue weighted by Crippen LogP contribution is -2.53. The van der Waals surface area contributed by atoms with Crippen molar-refractivity contribution in [2.24, 2.45) is 0 Å². The molecule has 0 saturated carbocycles. The van der Waals surface area contributed by atoms with E-state index in [1.165, 1.54) is 6.07 Å². The maximum atomic E-state index is 12.0. The lowest BCUT2D eigenvalue weighted by atomic mass is 10.0. The number of fused-ring (bicyclic) bond motifs is 1. The summed E-state index contributed by atoms with van der Waals surface area (Å²) in [7, 11) is 1.60. The fourth-order valence-corrected chi connectivity index (χ4v) is 3.41. The number of rotatable bonds is 7. The smallest absolute Gasteiger partial charge is 0.336 e. The Bertz CT molecular complexity index is 1040. The molecule has 1 aliphatic rings. The summed E-state index contributed by atoms with van der Waals surface area (Å²) in [6.07, 6.45) is -0.786. The molecule has 3 aromatic rings. The number of nitrogens with zero attached hydrogens (tertiary/aromatic N) is 1. The van der Waals surface area contributed by atoms with E-state index in [9.17, 15) is 9.90 Å². The first-order valence-corrected chi connectivity index (χ1v) is 9.45. The summed E-state index contributed by atoms with van der Waals surface area (Å²) in [6, 6.07) is 14.8. The van der Waals surface area contributed by atoms with Crippen LogP contribution in [0.15, 0.2) is 57.7 Å². The van der Waals surface area contributed by atoms with Gasteiger partial charge in [0.05, 0.1) is 26.4 Å². The van der Waals surface area contributed by atoms with Gasteiger partial charge in [-0.3, -0.25) is 0 Å². The molecule has 7 heteroatoms. The van der Waals surface area contributed by atoms with Gasteiger partial charge in [-0.05, 0) is 41.5 Å². The molecule has 4 rings (SSSR count). The normalized spacial score (nSPS) is 15.3. The first-order chi connectivity index (χ1) is 14.1. The number of ether oxygens (including phenoxy) is 2. The number of aliphatic hydroxyl groups is 2. The molecule has 2 aromatic carbocycles. The molecule has 2 N–H and O–H groups in total. The van der Waals surface area contributed by atoms with Gasteiger partial charge in [0.25, 0.3) is 0 Å². The summed E-state index contributed by atoms with van der Waals surface area (Å²) in [5, 5.41) is 19.0. The van der Waals surface area contributed by atoms with Crippen molar-refractivity contribution < 1.29 is 24.1 Å². The summed E-state index contributed by atoms with van der Waals surface area (Å²) in [5.41, 5.74) is 2.89. The van der Waals surface area contributed by atoms with E-state index in [-0.39, 0.29) is 19.3 Å². The van der Waals surface area contributed by atoms with E-state index in [0.29, 0.717) is 11.3 Å². The Balaban J connectivity index is 1.51. The third-order valence-corrected chi connectivity index (χ3v) is 5.08. The average molecular weight is 397 g/mol. The number of aliphatic hydroxyl groups excluding tert-OH is 2. The molecular formula is C22H23NO6. The zero-order valence-electron chi connectivity index (χ0n) is 16.1. The van der Waals surface area contributed by atoms with Gasteiger partial charge in [0.2, 0.25) is 0 Å². The zero-order chi connectivity index (χ0) is 20.4. The number of methoxy groups -OCH3 is 1. The minimum atomic E-state index is -0.833. The van der Waals surface area contributed by atoms with Crippen LogP contribution in [-0.2, 0) is 4.74 Å². The largest absolute Gasteiger partial charge is 0.497 e. The van der Waals surface area contributed by atoms with Gasteiger partial charge >= 0.3 is 5.63 Å². The van der Waals surface area contributed by atoms with Gasteiger partial charge in [-0.1, -0.05) is 12.1 Å². The molecule has 1 unspecified atom stereocenters. The van der Waals surface area contributed by atoms with Crippen molar-refractivity contribution in [3.63, 3.8) is 0 Å². The predicted octanol–water partition coefficient (Wildman–Crippen LogP) is 2.03. The van der Waals surface area contributed by atoms with Gasteiger partial charge in [0, 0.05) is 30.2 Å². The van der Waals surface area contributed by atoms with E-state index in [1.807, 2.05) is 30.3 Å². The molecule has 0 amide bonds. The van der Waals surface area contributed by atoms with E-state index in [4.69, 9.17) is 19.0 Å². The molecule has 0 bridgehead atoms. The summed E-state index contributed by atoms with van der Waals surface area (Å²) in [5.74, 6) is 0.696. The van der Waals surface area contributed by atoms with E-state index < -0.39 is 11.7 Å². The summed E-state index contributed by atoms with van der Waals surface area (Å²) in [6.45, 7) is 1.30. The molecule has 29 heavy (non-hydrogen) atoms. The Hall–Kier alpha value is -2.87. The standard InChI is InChI=1S/C22H23NO6/c1-27-17-6-7-21-20(8-17)19(9-22(26)29-21)14-2-4-15(5-3-14)23-10-18(11-23)28-13-16(25)12-24/h2-9,16,18,24-25H,10-13H2,1H3. The lowest BCUT2D eigenvalue weighted by Gasteiger charge is -2.41. The Morgan fingerprint density at radius 1 is 1.17 bits per heavy atom. The highest BCUT2D eigenvalue weighted by Crippen LogP contribution is 2.32. The second-order valence-corrected chi connectivity index (χ2v) is 7.08. The molecular weight excluding hydrogens is 374 g/mol. The Morgan fingerprint density at radius 2 is 1.93 bits per heavy atom. The third kappa shape index (κ3) is 4.12. The number of anilines is 1. The molecule has 0 radical (unpaired) electrons. The van der Waals surface area contributed by atoms with E-state index in [0.717, 1.165) is 35.3 Å². The van der Waals surface area contributed by atoms with E-state index >= 15 is 0 Å². The van der Waals surface area contributed by atoms with Crippen LogP contribution in [-0.4, -0.2) is 55.8 Å². The zero-order valence-corrected chi connectivity index (χ0v) is 16.1. The third-order valence-electron chi connectivity index (χ3n) is 5.08. The molecule has 2 heterocycles. The number of hydrogen-bond donors (Lipinski definition) is 2. The highest BCUT2D eigenvalue weighted by Gasteiger charge is 2.28. The van der Waals surface area contributed by atoms with Gasteiger partial charge in [-0.15, -0.1) is 0 Å². The van der Waals surface area contributed by atoms with Crippen molar-refractivity contribution in [3.05, 3.63) is 59.0 Å². The maximum absolute atomic E-state index is 12.0. The van der Waals surface area contributed by atoms with Crippen LogP contribution in [0, 0.1) is 0 Å². The molecule has 0 aliphatic carbocycles. The topological polar surface area (TPSA) is 92.4 Å². The quantitative estimate of drug-likeness (QED) is 0.589. The van der Waals surface area contributed by atoms with Gasteiger partial charge in [-0.25, -0.2) is 4.79 Å². The van der Waals surface area contributed by atoms with Gasteiger partial charge in [0.1, 0.15) is 17.4 Å². The van der Waals surface area contributed by atoms with Crippen LogP contribution < -0.4 is 15.3 Å². The van der Waals surface area contributed by atoms with Crippen LogP contribution in [0.1, 0.15) is 0 Å². The molecule has 1 saturated heterocycles. The summed E-state index contributed by atoms with van der Waals surface area (Å²) < 4.78 is 16.2. The van der Waals surface area contributed by atoms with Crippen molar-refractivity contribution in [1.29, 1.82) is 0 Å². The summed E-state index contributed by atoms with van der Waals surface area (Å²) in [4.78, 5) is 14.1. The van der Waals surface area contributed by atoms with Crippen LogP contribution in [0.25, 0.3) is 22.1 Å². The van der Waals surface area contributed by atoms with E-state index in [2.05, 4.69) is 4.90 Å². The van der Waals surface area contributed by atoms with Gasteiger partial charge in [0.15, 0.2) is 0 Å². The molecule has 0 spiro atoms. The van der Waals surface area contributed by atoms with Crippen LogP contribution >= 0.6 is 0 Å². The Kier molecular flexibility index (Phi) is 5.53. The van der Waals surface area contributed by atoms with Crippen molar-refractivity contribution in [3.8, 4) is 16.9 Å². The van der Waals surface area contributed by atoms with E-state index in [1.54, 1.807) is 19.2 Å². The van der Waals surface area contributed by atoms with Crippen molar-refractivity contribution in [2.45, 2.75) is 12.2 Å². The van der Waals surface area contributed by atoms with Crippen molar-refractivity contribution in [2.75, 3.05) is 38.3 Å². The fourth-order valence-electron chi connectivity index (χ4n) is 3.41. The van der Waals surface area contributed by atoms with Crippen molar-refractivity contribution in [1.82, 2.24) is 0 Å². The van der Waals surface area contributed by atoms with Crippen LogP contribution in [0.5, 0.6) is 5.75 Å². The highest BCUT2D eigenvalue weighted by atomic mass is 16.5. The number of hydrogen-bond acceptors (Lipinski definition) is 7. The molecule has 152 valence electrons. The predicted molar refractivity (Wildman–Crippen MR) is 110 cm³/mol. The first kappa shape index (κ1) is 19.4. The van der Waals surface area contributed by atoms with Crippen LogP contribution in [0.4, 0.5) is 5.69 Å². The summed E-state index contributed by atoms with van der Waals surface area (Å²) >= 11 is 0. The second-order valence-electron chi connectivity index (χ2n) is 7.08. The Morgan fingerprint density at radius 3 is 2.62 bits per heavy atom. The highest BCUT2D eigenvalue weighted by molar-refractivity contribution is 5.94. The number of benzene rings is 2. The molecule has 1 aliphatic heterocycles. The molecule has 1 atom stereocenters. The molecule has 1 fully saturated rings. The first-order valence-electron chi connectivity index (χ1n) is 9.45. The van der Waals surface area contributed by atoms with Gasteiger partial charge < -0.3 is 29.0 Å². The minimum Gasteiger partial charge on any atom is -0.497 e. The van der Waals surface area contributed by atoms with Crippen LogP contribution in [0.2, 0.25) is 0 Å². The lowest BCUT2D eigenvalue weighted by molar-refractivity contribution is -0.0369. The maximum Gasteiger partial charge on any atom is 0.336 e. The SMILES string of the molecule is COc1ccc2oc(=O)cc(-c3ccc(N4CC(OCC(O)CO)C4)cc3)c2c1. The average Bonchev–Trinajstić information content (AvgIpc) is 2.72.